The van der Waals surface area contributed by atoms with Gasteiger partial charge in [0.15, 0.2) is 0 Å². The Morgan fingerprint density at radius 1 is 1.36 bits per heavy atom. The summed E-state index contributed by atoms with van der Waals surface area (Å²) < 4.78 is 1.00. The van der Waals surface area contributed by atoms with Crippen LogP contribution in [0.5, 0.6) is 0 Å². The van der Waals surface area contributed by atoms with E-state index in [0.29, 0.717) is 0 Å². The Labute approximate surface area is 67.7 Å². The van der Waals surface area contributed by atoms with E-state index >= 15 is 0 Å². The molecule has 0 saturated carbocycles. The second kappa shape index (κ2) is 7.24. The van der Waals surface area contributed by atoms with E-state index in [4.69, 9.17) is 5.11 Å². The van der Waals surface area contributed by atoms with Gasteiger partial charge in [0.2, 0.25) is 0 Å². The molecule has 0 aromatic carbocycles. The summed E-state index contributed by atoms with van der Waals surface area (Å²) in [7, 11) is 8.50. The van der Waals surface area contributed by atoms with E-state index in [1.54, 1.807) is 0 Å². The third-order valence-electron chi connectivity index (χ3n) is 0.175. The van der Waals surface area contributed by atoms with Crippen molar-refractivity contribution in [3.63, 3.8) is 0 Å². The number of carboxylic acid groups (broad SMARTS) is 1. The smallest absolute Gasteiger partial charge is 0.327 e. The molecule has 0 unspecified atom stereocenters. The van der Waals surface area contributed by atoms with Crippen LogP contribution >= 0.6 is 0 Å². The molecule has 0 bridgehead atoms. The van der Waals surface area contributed by atoms with Crippen LogP contribution in [0.3, 0.4) is 0 Å². The summed E-state index contributed by atoms with van der Waals surface area (Å²) in [6.07, 6.45) is 0.833. The zero-order valence-electron chi connectivity index (χ0n) is 7.53. The van der Waals surface area contributed by atoms with E-state index in [1.807, 2.05) is 0 Å². The molecule has 0 spiro atoms. The lowest BCUT2D eigenvalue weighted by Crippen LogP contribution is -2.27. The van der Waals surface area contributed by atoms with Crippen molar-refractivity contribution in [1.82, 2.24) is 0 Å². The van der Waals surface area contributed by atoms with Crippen LogP contribution in [0.1, 0.15) is 0 Å². The molecule has 68 valence electrons. The maximum Gasteiger partial charge on any atom is 0.327 e. The van der Waals surface area contributed by atoms with Crippen molar-refractivity contribution in [2.24, 2.45) is 0 Å². The van der Waals surface area contributed by atoms with Crippen LogP contribution in [-0.4, -0.2) is 49.2 Å². The maximum absolute atomic E-state index is 9.25. The van der Waals surface area contributed by atoms with Crippen molar-refractivity contribution in [3.8, 4) is 0 Å². The van der Waals surface area contributed by atoms with Gasteiger partial charge in [-0.1, -0.05) is 6.58 Å². The molecule has 4 nitrogen and oxygen atoms in total. The van der Waals surface area contributed by atoms with Gasteiger partial charge in [0, 0.05) is 6.08 Å². The van der Waals surface area contributed by atoms with Crippen molar-refractivity contribution in [1.29, 1.82) is 0 Å². The molecular formula is C7H17NO3. The van der Waals surface area contributed by atoms with Crippen molar-refractivity contribution >= 4 is 5.97 Å². The zero-order valence-corrected chi connectivity index (χ0v) is 7.53. The minimum absolute atomic E-state index is 0. The monoisotopic (exact) mass is 163 g/mol. The fourth-order valence-corrected chi connectivity index (χ4v) is 0. The Balaban J connectivity index is -0.000000107. The molecule has 0 aliphatic carbocycles. The van der Waals surface area contributed by atoms with Gasteiger partial charge in [0.25, 0.3) is 0 Å². The third-order valence-corrected chi connectivity index (χ3v) is 0.175. The topological polar surface area (TPSA) is 67.3 Å². The number of quaternary nitrogens is 1. The Bertz CT molecular complexity index is 109. The molecule has 11 heavy (non-hydrogen) atoms. The fraction of sp³-hybridized carbons (Fsp3) is 0.571. The molecule has 0 aliphatic heterocycles. The van der Waals surface area contributed by atoms with E-state index in [1.165, 1.54) is 0 Å². The highest BCUT2D eigenvalue weighted by molar-refractivity contribution is 5.78. The molecule has 0 aliphatic rings. The molecule has 0 heterocycles. The van der Waals surface area contributed by atoms with Gasteiger partial charge in [-0.05, 0) is 0 Å². The van der Waals surface area contributed by atoms with Gasteiger partial charge in [-0.2, -0.15) is 0 Å². The van der Waals surface area contributed by atoms with Crippen molar-refractivity contribution in [3.05, 3.63) is 12.7 Å². The predicted molar refractivity (Wildman–Crippen MR) is 43.7 cm³/mol. The zero-order chi connectivity index (χ0) is 8.78. The number of carbonyl (C=O) groups is 1. The first-order valence-electron chi connectivity index (χ1n) is 2.91. The Kier molecular flexibility index (Phi) is 10.9. The molecule has 0 aromatic rings. The van der Waals surface area contributed by atoms with Gasteiger partial charge in [-0.25, -0.2) is 4.79 Å². The number of carboxylic acids is 1. The highest BCUT2D eigenvalue weighted by atomic mass is 16.4. The normalized spacial score (nSPS) is 8.36. The molecule has 0 saturated heterocycles. The lowest BCUT2D eigenvalue weighted by atomic mass is 10.7. The molecule has 0 radical (unpaired) electrons. The molecule has 0 aromatic heterocycles. The van der Waals surface area contributed by atoms with E-state index in [2.05, 4.69) is 34.8 Å². The molecule has 4 heteroatoms. The first-order valence-corrected chi connectivity index (χ1v) is 2.91. The van der Waals surface area contributed by atoms with Gasteiger partial charge in [-0.3, -0.25) is 0 Å². The Morgan fingerprint density at radius 2 is 1.45 bits per heavy atom. The third kappa shape index (κ3) is 363. The summed E-state index contributed by atoms with van der Waals surface area (Å²) in [5.74, 6) is -0.981. The van der Waals surface area contributed by atoms with E-state index in [9.17, 15) is 4.79 Å². The molecule has 0 fully saturated rings. The van der Waals surface area contributed by atoms with Crippen LogP contribution in [0.15, 0.2) is 12.7 Å². The number of rotatable bonds is 1. The van der Waals surface area contributed by atoms with Crippen LogP contribution in [-0.2, 0) is 4.79 Å². The van der Waals surface area contributed by atoms with E-state index in [0.717, 1.165) is 10.6 Å². The highest BCUT2D eigenvalue weighted by Gasteiger charge is 1.88. The molecular weight excluding hydrogens is 146 g/mol. The van der Waals surface area contributed by atoms with Crippen molar-refractivity contribution in [2.45, 2.75) is 0 Å². The van der Waals surface area contributed by atoms with Gasteiger partial charge < -0.3 is 15.1 Å². The first kappa shape index (κ1) is 16.6. The SMILES string of the molecule is C=CC(=O)O.C[N+](C)(C)C.[OH-]. The first-order chi connectivity index (χ1) is 4.27. The predicted octanol–water partition coefficient (Wildman–Crippen LogP) is 0.403. The summed E-state index contributed by atoms with van der Waals surface area (Å²) in [6.45, 7) is 2.96. The molecule has 0 atom stereocenters. The van der Waals surface area contributed by atoms with Crippen LogP contribution in [0.4, 0.5) is 0 Å². The molecule has 0 amide bonds. The van der Waals surface area contributed by atoms with E-state index < -0.39 is 5.97 Å². The summed E-state index contributed by atoms with van der Waals surface area (Å²) in [6, 6.07) is 0. The van der Waals surface area contributed by atoms with Gasteiger partial charge in [0.05, 0.1) is 28.2 Å². The minimum Gasteiger partial charge on any atom is -0.870 e. The van der Waals surface area contributed by atoms with Crippen LogP contribution in [0, 0.1) is 0 Å². The lowest BCUT2D eigenvalue weighted by molar-refractivity contribution is -0.849. The van der Waals surface area contributed by atoms with Crippen LogP contribution in [0.25, 0.3) is 0 Å². The maximum atomic E-state index is 9.25. The van der Waals surface area contributed by atoms with Gasteiger partial charge in [0.1, 0.15) is 0 Å². The van der Waals surface area contributed by atoms with Crippen LogP contribution < -0.4 is 0 Å². The molecule has 2 N–H and O–H groups in total. The standard InChI is InChI=1S/C4H12N.C3H4O2.H2O/c1-5(2,3)4;1-2-3(4)5;/h1-4H3;2H,1H2,(H,4,5);1H2/q+1;;/p-1. The second-order valence-corrected chi connectivity index (χ2v) is 3.23. The molecule has 0 rings (SSSR count). The van der Waals surface area contributed by atoms with Gasteiger partial charge >= 0.3 is 5.97 Å². The average Bonchev–Trinajstić information content (AvgIpc) is 1.61. The fourth-order valence-electron chi connectivity index (χ4n) is 0. The summed E-state index contributed by atoms with van der Waals surface area (Å²) >= 11 is 0. The number of nitrogens with zero attached hydrogens (tertiary/aromatic N) is 1. The summed E-state index contributed by atoms with van der Waals surface area (Å²) in [5, 5.41) is 7.60. The largest absolute Gasteiger partial charge is 0.870 e. The Hall–Kier alpha value is -0.870. The number of hydrogen-bond donors (Lipinski definition) is 1. The summed E-state index contributed by atoms with van der Waals surface area (Å²) in [5.41, 5.74) is 0. The van der Waals surface area contributed by atoms with Gasteiger partial charge in [-0.15, -0.1) is 0 Å². The minimum atomic E-state index is -0.981. The van der Waals surface area contributed by atoms with Crippen LogP contribution in [0.2, 0.25) is 0 Å². The Morgan fingerprint density at radius 3 is 1.45 bits per heavy atom. The lowest BCUT2D eigenvalue weighted by Gasteiger charge is -2.14. The summed E-state index contributed by atoms with van der Waals surface area (Å²) in [4.78, 5) is 9.25. The number of aliphatic carboxylic acids is 1. The average molecular weight is 163 g/mol. The second-order valence-electron chi connectivity index (χ2n) is 3.23. The quantitative estimate of drug-likeness (QED) is 0.449. The van der Waals surface area contributed by atoms with E-state index in [-0.39, 0.29) is 5.48 Å². The number of hydrogen-bond acceptors (Lipinski definition) is 2. The van der Waals surface area contributed by atoms with Crippen molar-refractivity contribution < 1.29 is 19.9 Å². The van der Waals surface area contributed by atoms with Crippen molar-refractivity contribution in [2.75, 3.05) is 28.2 Å². The highest BCUT2D eigenvalue weighted by Crippen LogP contribution is 1.73.